The van der Waals surface area contributed by atoms with E-state index in [-0.39, 0.29) is 0 Å². The summed E-state index contributed by atoms with van der Waals surface area (Å²) in [5.74, 6) is 0. The van der Waals surface area contributed by atoms with Crippen LogP contribution in [0.15, 0.2) is 0 Å². The summed E-state index contributed by atoms with van der Waals surface area (Å²) in [7, 11) is 0. The number of rotatable bonds is 6. The van der Waals surface area contributed by atoms with Crippen LogP contribution in [-0.4, -0.2) is 25.2 Å². The van der Waals surface area contributed by atoms with Gasteiger partial charge in [-0.2, -0.15) is 0 Å². The monoisotopic (exact) mass is 184 g/mol. The zero-order chi connectivity index (χ0) is 9.52. The van der Waals surface area contributed by atoms with Gasteiger partial charge in [-0.1, -0.05) is 13.8 Å². The minimum absolute atomic E-state index is 0.737. The molecule has 0 aromatic rings. The zero-order valence-corrected chi connectivity index (χ0v) is 9.10. The van der Waals surface area contributed by atoms with Gasteiger partial charge >= 0.3 is 0 Å². The largest absolute Gasteiger partial charge is 0.314 e. The van der Waals surface area contributed by atoms with Crippen molar-refractivity contribution < 1.29 is 0 Å². The lowest BCUT2D eigenvalue weighted by atomic mass is 10.1. The predicted molar refractivity (Wildman–Crippen MR) is 58.0 cm³/mol. The Hall–Kier alpha value is -0.0800. The average molecular weight is 184 g/mol. The van der Waals surface area contributed by atoms with E-state index in [1.807, 2.05) is 0 Å². The lowest BCUT2D eigenvalue weighted by Gasteiger charge is -2.16. The molecule has 0 spiro atoms. The summed E-state index contributed by atoms with van der Waals surface area (Å²) < 4.78 is 0. The molecular formula is C11H24N2. The summed E-state index contributed by atoms with van der Waals surface area (Å²) in [5, 5.41) is 7.13. The number of nitrogens with one attached hydrogen (secondary N) is 2. The van der Waals surface area contributed by atoms with Crippen molar-refractivity contribution in [2.24, 2.45) is 0 Å². The molecule has 1 aliphatic heterocycles. The molecule has 1 heterocycles. The summed E-state index contributed by atoms with van der Waals surface area (Å²) in [6, 6.07) is 1.53. The molecule has 1 fully saturated rings. The van der Waals surface area contributed by atoms with Crippen LogP contribution in [0.2, 0.25) is 0 Å². The lowest BCUT2D eigenvalue weighted by Crippen LogP contribution is -2.32. The van der Waals surface area contributed by atoms with E-state index in [9.17, 15) is 0 Å². The maximum Gasteiger partial charge on any atom is 0.00796 e. The van der Waals surface area contributed by atoms with Crippen molar-refractivity contribution in [1.82, 2.24) is 10.6 Å². The van der Waals surface area contributed by atoms with Crippen LogP contribution in [0.25, 0.3) is 0 Å². The fourth-order valence-electron chi connectivity index (χ4n) is 2.04. The Balaban J connectivity index is 1.98. The average Bonchev–Trinajstić information content (AvgIpc) is 2.65. The lowest BCUT2D eigenvalue weighted by molar-refractivity contribution is 0.448. The molecule has 1 saturated heterocycles. The Kier molecular flexibility index (Phi) is 5.40. The Morgan fingerprint density at radius 1 is 1.38 bits per heavy atom. The second-order valence-corrected chi connectivity index (χ2v) is 4.05. The fourth-order valence-corrected chi connectivity index (χ4v) is 2.04. The molecule has 2 heteroatoms. The van der Waals surface area contributed by atoms with Crippen LogP contribution in [0, 0.1) is 0 Å². The predicted octanol–water partition coefficient (Wildman–Crippen LogP) is 1.91. The van der Waals surface area contributed by atoms with E-state index in [4.69, 9.17) is 0 Å². The maximum absolute atomic E-state index is 3.61. The van der Waals surface area contributed by atoms with Crippen LogP contribution >= 0.6 is 0 Å². The Morgan fingerprint density at radius 2 is 2.15 bits per heavy atom. The van der Waals surface area contributed by atoms with Crippen LogP contribution in [0.4, 0.5) is 0 Å². The van der Waals surface area contributed by atoms with E-state index in [1.54, 1.807) is 0 Å². The van der Waals surface area contributed by atoms with Gasteiger partial charge in [-0.05, 0) is 45.2 Å². The first-order valence-electron chi connectivity index (χ1n) is 5.83. The third-order valence-corrected chi connectivity index (χ3v) is 3.07. The topological polar surface area (TPSA) is 24.1 Å². The normalized spacial score (nSPS) is 22.8. The quantitative estimate of drug-likeness (QED) is 0.659. The van der Waals surface area contributed by atoms with Gasteiger partial charge in [0.25, 0.3) is 0 Å². The van der Waals surface area contributed by atoms with Crippen molar-refractivity contribution in [3.63, 3.8) is 0 Å². The van der Waals surface area contributed by atoms with E-state index in [2.05, 4.69) is 24.5 Å². The fraction of sp³-hybridized carbons (Fsp3) is 1.00. The molecule has 0 aliphatic carbocycles. The molecule has 0 radical (unpaired) electrons. The first-order valence-corrected chi connectivity index (χ1v) is 5.83. The van der Waals surface area contributed by atoms with Crippen LogP contribution in [0.5, 0.6) is 0 Å². The molecule has 0 bridgehead atoms. The van der Waals surface area contributed by atoms with Gasteiger partial charge < -0.3 is 10.6 Å². The van der Waals surface area contributed by atoms with Crippen molar-refractivity contribution >= 4 is 0 Å². The molecule has 0 aromatic heterocycles. The van der Waals surface area contributed by atoms with E-state index in [1.165, 1.54) is 45.2 Å². The molecule has 0 saturated carbocycles. The van der Waals surface area contributed by atoms with Crippen molar-refractivity contribution in [3.8, 4) is 0 Å². The first kappa shape index (κ1) is 11.0. The van der Waals surface area contributed by atoms with Gasteiger partial charge in [0.05, 0.1) is 0 Å². The molecule has 13 heavy (non-hydrogen) atoms. The molecule has 78 valence electrons. The van der Waals surface area contributed by atoms with Gasteiger partial charge in [-0.3, -0.25) is 0 Å². The van der Waals surface area contributed by atoms with Gasteiger partial charge in [0.2, 0.25) is 0 Å². The maximum atomic E-state index is 3.61. The number of hydrogen-bond acceptors (Lipinski definition) is 2. The Morgan fingerprint density at radius 3 is 2.69 bits per heavy atom. The van der Waals surface area contributed by atoms with Crippen molar-refractivity contribution in [3.05, 3.63) is 0 Å². The van der Waals surface area contributed by atoms with E-state index >= 15 is 0 Å². The third-order valence-electron chi connectivity index (χ3n) is 3.07. The van der Waals surface area contributed by atoms with E-state index < -0.39 is 0 Å². The molecule has 0 amide bonds. The first-order chi connectivity index (χ1) is 6.36. The highest BCUT2D eigenvalue weighted by molar-refractivity contribution is 4.75. The minimum atomic E-state index is 0.737. The summed E-state index contributed by atoms with van der Waals surface area (Å²) >= 11 is 0. The van der Waals surface area contributed by atoms with Crippen molar-refractivity contribution in [2.45, 2.75) is 58.0 Å². The highest BCUT2D eigenvalue weighted by Gasteiger charge is 2.13. The molecule has 0 aromatic carbocycles. The van der Waals surface area contributed by atoms with Crippen LogP contribution in [-0.2, 0) is 0 Å². The summed E-state index contributed by atoms with van der Waals surface area (Å²) in [6.45, 7) is 6.93. The zero-order valence-electron chi connectivity index (χ0n) is 9.10. The smallest absolute Gasteiger partial charge is 0.00796 e. The number of hydrogen-bond donors (Lipinski definition) is 2. The minimum Gasteiger partial charge on any atom is -0.314 e. The van der Waals surface area contributed by atoms with Crippen LogP contribution < -0.4 is 10.6 Å². The van der Waals surface area contributed by atoms with Crippen LogP contribution in [0.3, 0.4) is 0 Å². The van der Waals surface area contributed by atoms with Crippen molar-refractivity contribution in [1.29, 1.82) is 0 Å². The highest BCUT2D eigenvalue weighted by Crippen LogP contribution is 2.08. The van der Waals surface area contributed by atoms with Gasteiger partial charge in [-0.15, -0.1) is 0 Å². The second kappa shape index (κ2) is 6.39. The Labute approximate surface area is 82.5 Å². The Bertz CT molecular complexity index is 113. The summed E-state index contributed by atoms with van der Waals surface area (Å²) in [4.78, 5) is 0. The van der Waals surface area contributed by atoms with E-state index in [0.29, 0.717) is 0 Å². The molecule has 2 nitrogen and oxygen atoms in total. The van der Waals surface area contributed by atoms with Gasteiger partial charge in [0, 0.05) is 12.1 Å². The van der Waals surface area contributed by atoms with E-state index in [0.717, 1.165) is 12.1 Å². The highest BCUT2D eigenvalue weighted by atomic mass is 15.0. The second-order valence-electron chi connectivity index (χ2n) is 4.05. The molecule has 2 N–H and O–H groups in total. The SMILES string of the molecule is CCC(CC)NCCC1CCCN1. The van der Waals surface area contributed by atoms with Gasteiger partial charge in [-0.25, -0.2) is 0 Å². The molecule has 1 aliphatic rings. The van der Waals surface area contributed by atoms with Crippen molar-refractivity contribution in [2.75, 3.05) is 13.1 Å². The third kappa shape index (κ3) is 4.10. The van der Waals surface area contributed by atoms with Gasteiger partial charge in [0.15, 0.2) is 0 Å². The standard InChI is InChI=1S/C11H24N2/c1-3-10(4-2)13-9-7-11-6-5-8-12-11/h10-13H,3-9H2,1-2H3. The molecular weight excluding hydrogens is 160 g/mol. The molecule has 1 rings (SSSR count). The molecule has 1 atom stereocenters. The van der Waals surface area contributed by atoms with Gasteiger partial charge in [0.1, 0.15) is 0 Å². The van der Waals surface area contributed by atoms with Crippen LogP contribution in [0.1, 0.15) is 46.0 Å². The molecule has 1 unspecified atom stereocenters. The summed E-state index contributed by atoms with van der Waals surface area (Å²) in [5.41, 5.74) is 0. The summed E-state index contributed by atoms with van der Waals surface area (Å²) in [6.07, 6.45) is 6.57.